The van der Waals surface area contributed by atoms with Crippen LogP contribution in [0.3, 0.4) is 0 Å². The van der Waals surface area contributed by atoms with E-state index in [1.807, 2.05) is 0 Å². The Morgan fingerprint density at radius 1 is 0.500 bits per heavy atom. The highest BCUT2D eigenvalue weighted by atomic mass is 28.5. The van der Waals surface area contributed by atoms with Crippen LogP contribution in [0.5, 0.6) is 0 Å². The maximum absolute atomic E-state index is 13.8. The van der Waals surface area contributed by atoms with Gasteiger partial charge in [0.05, 0.1) is 13.2 Å². The Bertz CT molecular complexity index is 1710. The minimum absolute atomic E-state index is 0.00347. The van der Waals surface area contributed by atoms with Gasteiger partial charge in [0.1, 0.15) is 19.8 Å². The molecule has 13 nitrogen and oxygen atoms in total. The van der Waals surface area contributed by atoms with Gasteiger partial charge < -0.3 is 40.1 Å². The molecule has 0 heterocycles. The predicted octanol–water partition coefficient (Wildman–Crippen LogP) is 13.1. The molecule has 0 aliphatic heterocycles. The van der Waals surface area contributed by atoms with Gasteiger partial charge >= 0.3 is 68.3 Å². The Morgan fingerprint density at radius 2 is 0.917 bits per heavy atom. The smallest absolute Gasteiger partial charge is 0.389 e. The number of hydrogen-bond acceptors (Lipinski definition) is 13. The lowest BCUT2D eigenvalue weighted by molar-refractivity contribution is -0.147. The Hall–Kier alpha value is -2.78. The summed E-state index contributed by atoms with van der Waals surface area (Å²) in [4.78, 5) is 33.9. The zero-order valence-electron chi connectivity index (χ0n) is 42.6. The number of carbonyl (C=O) groups excluding carboxylic acids is 3. The van der Waals surface area contributed by atoms with Crippen LogP contribution in [-0.2, 0) is 54.5 Å². The number of nitrogens with zero attached hydrogens (tertiary/aromatic N) is 1. The molecule has 0 fully saturated rings. The summed E-state index contributed by atoms with van der Waals surface area (Å²) in [7, 11) is -19.8. The van der Waals surface area contributed by atoms with E-state index in [1.165, 1.54) is 26.3 Å². The predicted molar refractivity (Wildman–Crippen MR) is 253 cm³/mol. The second kappa shape index (κ2) is 32.6. The van der Waals surface area contributed by atoms with Crippen molar-refractivity contribution in [3.8, 4) is 6.26 Å². The van der Waals surface area contributed by atoms with Crippen molar-refractivity contribution in [1.29, 1.82) is 5.26 Å². The number of unbranched alkanes of at least 4 members (excludes halogenated alkanes) is 1. The van der Waals surface area contributed by atoms with E-state index in [0.717, 1.165) is 13.1 Å². The van der Waals surface area contributed by atoms with Gasteiger partial charge in [0.15, 0.2) is 16.6 Å². The van der Waals surface area contributed by atoms with Gasteiger partial charge in [-0.25, -0.2) is 9.59 Å². The van der Waals surface area contributed by atoms with Crippen LogP contribution in [0.2, 0.25) is 75.5 Å². The molecule has 0 saturated heterocycles. The molecule has 0 N–H and O–H groups in total. The first kappa shape index (κ1) is 71.3. The molecule has 4 unspecified atom stereocenters. The lowest BCUT2D eigenvalue weighted by Crippen LogP contribution is -2.62. The molecule has 0 aromatic carbocycles. The fourth-order valence-electron chi connectivity index (χ4n) is 6.57. The summed E-state index contributed by atoms with van der Waals surface area (Å²) in [5.41, 5.74) is 0.549. The zero-order valence-corrected chi connectivity index (χ0v) is 47.6. The first-order chi connectivity index (χ1) is 32.6. The van der Waals surface area contributed by atoms with E-state index in [-0.39, 0.29) is 70.1 Å². The molecule has 0 aliphatic rings. The highest BCUT2D eigenvalue weighted by Crippen LogP contribution is 2.41. The molecule has 0 aromatic rings. The van der Waals surface area contributed by atoms with Crippen LogP contribution in [-0.4, -0.2) is 125 Å². The number of nitriles is 1. The van der Waals surface area contributed by atoms with Crippen LogP contribution in [0.15, 0.2) is 24.3 Å². The Labute approximate surface area is 420 Å². The van der Waals surface area contributed by atoms with Gasteiger partial charge in [-0.05, 0) is 102 Å². The van der Waals surface area contributed by atoms with Gasteiger partial charge in [-0.1, -0.05) is 32.9 Å². The van der Waals surface area contributed by atoms with Gasteiger partial charge in [0, 0.05) is 49.9 Å². The van der Waals surface area contributed by atoms with Crippen molar-refractivity contribution in [3.63, 3.8) is 0 Å². The van der Waals surface area contributed by atoms with Crippen LogP contribution in [0.1, 0.15) is 78.6 Å². The van der Waals surface area contributed by atoms with E-state index in [2.05, 4.69) is 22.6 Å². The van der Waals surface area contributed by atoms with E-state index >= 15 is 0 Å². The topological polar surface area (TPSA) is 158 Å². The molecule has 0 aromatic heterocycles. The molecule has 0 aliphatic carbocycles. The molecule has 4 atom stereocenters. The Balaban J connectivity index is 0. The highest BCUT2D eigenvalue weighted by Gasteiger charge is 2.54. The van der Waals surface area contributed by atoms with Crippen molar-refractivity contribution in [1.82, 2.24) is 0 Å². The van der Waals surface area contributed by atoms with Crippen LogP contribution < -0.4 is 0 Å². The Kier molecular flexibility index (Phi) is 32.3. The van der Waals surface area contributed by atoms with Crippen molar-refractivity contribution in [2.75, 3.05) is 39.6 Å². The molecule has 0 spiro atoms. The third-order valence-electron chi connectivity index (χ3n) is 9.90. The van der Waals surface area contributed by atoms with E-state index in [0.29, 0.717) is 24.8 Å². The van der Waals surface area contributed by atoms with Crippen LogP contribution in [0, 0.1) is 11.5 Å². The van der Waals surface area contributed by atoms with Crippen molar-refractivity contribution < 1.29 is 107 Å². The first-order valence-corrected chi connectivity index (χ1v) is 36.6. The second-order valence-corrected chi connectivity index (χ2v) is 37.9. The third-order valence-corrected chi connectivity index (χ3v) is 32.2. The largest absolute Gasteiger partial charge is 0.463 e. The standard InChI is InChI=1S/C35H64F12O9Si5.C7H9NO3/c1-10-11-24-58(6,25-15-32(36,37)38)54-60(8,27-17-34(42,43)44)56-61(9,28-18-35(45,46)47)55-59(7,26-16-33(39,40)41)53-57(4,5)23-13-19-50-21-22-51-30(48)14-12-20-52-31(49)29(2)3;1-6(2)7(9)11-4-3-10-5-8/h2,10-28H2,1,3-9H3;1,3-4H2,2H3. The normalized spacial score (nSPS) is 15.8. The van der Waals surface area contributed by atoms with Crippen LogP contribution in [0.4, 0.5) is 52.7 Å². The van der Waals surface area contributed by atoms with Crippen molar-refractivity contribution in [2.45, 2.75) is 179 Å². The summed E-state index contributed by atoms with van der Waals surface area (Å²) >= 11 is 0. The number of alkyl halides is 12. The third kappa shape index (κ3) is 39.7. The molecule has 0 rings (SSSR count). The van der Waals surface area contributed by atoms with Crippen LogP contribution in [0.25, 0.3) is 0 Å². The first-order valence-electron chi connectivity index (χ1n) is 23.1. The monoisotopic (exact) mass is 1150 g/mol. The van der Waals surface area contributed by atoms with Crippen molar-refractivity contribution >= 4 is 60.2 Å². The van der Waals surface area contributed by atoms with Crippen molar-refractivity contribution in [2.24, 2.45) is 0 Å². The summed E-state index contributed by atoms with van der Waals surface area (Å²) in [6.45, 7) is 20.0. The molecule has 0 radical (unpaired) electrons. The lowest BCUT2D eigenvalue weighted by atomic mass is 10.3. The van der Waals surface area contributed by atoms with Crippen molar-refractivity contribution in [3.05, 3.63) is 24.3 Å². The number of ether oxygens (including phenoxy) is 5. The Morgan fingerprint density at radius 3 is 1.35 bits per heavy atom. The molecule has 0 amide bonds. The van der Waals surface area contributed by atoms with E-state index in [1.54, 1.807) is 26.9 Å². The maximum atomic E-state index is 13.8. The van der Waals surface area contributed by atoms with Gasteiger partial charge in [0.25, 0.3) is 6.26 Å². The van der Waals surface area contributed by atoms with E-state index in [4.69, 9.17) is 35.9 Å². The molecule has 30 heteroatoms. The molecule has 0 saturated carbocycles. The minimum atomic E-state index is -4.85. The summed E-state index contributed by atoms with van der Waals surface area (Å²) in [6.07, 6.45) is -22.1. The molecular formula is C42H73F12NO12Si5. The average Bonchev–Trinajstić information content (AvgIpc) is 3.21. The minimum Gasteiger partial charge on any atom is -0.463 e. The lowest BCUT2D eigenvalue weighted by Gasteiger charge is -2.46. The van der Waals surface area contributed by atoms with Gasteiger partial charge in [-0.2, -0.15) is 57.9 Å². The molecule has 422 valence electrons. The molecule has 72 heavy (non-hydrogen) atoms. The average molecular weight is 1150 g/mol. The maximum Gasteiger partial charge on any atom is 0.389 e. The van der Waals surface area contributed by atoms with Crippen LogP contribution >= 0.6 is 0 Å². The molecule has 0 bridgehead atoms. The fourth-order valence-corrected chi connectivity index (χ4v) is 33.4. The molecular weight excluding hydrogens is 1080 g/mol. The van der Waals surface area contributed by atoms with E-state index < -0.39 is 135 Å². The SMILES string of the molecule is C=C(C)C(=O)OCCCC(=O)OCCOCCC[Si](C)(C)O[Si](C)(CCC(F)(F)F)O[Si](C)(CCC(F)(F)F)O[Si](C)(CCC(F)(F)F)O[Si](C)(CCCC)CCC(F)(F)F.C=C(C)C(=O)OCCOC#N. The van der Waals surface area contributed by atoms with Gasteiger partial charge in [-0.15, -0.1) is 0 Å². The summed E-state index contributed by atoms with van der Waals surface area (Å²) < 4.78 is 213. The zero-order chi connectivity index (χ0) is 56.3. The fraction of sp³-hybridized carbons (Fsp3) is 0.810. The number of esters is 3. The summed E-state index contributed by atoms with van der Waals surface area (Å²) in [5.74, 6) is -1.61. The van der Waals surface area contributed by atoms with E-state index in [9.17, 15) is 67.1 Å². The number of rotatable bonds is 35. The second-order valence-electron chi connectivity index (χ2n) is 18.4. The number of halogens is 12. The van der Waals surface area contributed by atoms with Gasteiger partial charge in [-0.3, -0.25) is 4.79 Å². The quantitative estimate of drug-likeness (QED) is 0.0112. The number of carbonyl (C=O) groups is 3. The highest BCUT2D eigenvalue weighted by molar-refractivity contribution is 6.91. The summed E-state index contributed by atoms with van der Waals surface area (Å²) in [6, 6.07) is -2.85. The number of hydrogen-bond donors (Lipinski definition) is 0. The van der Waals surface area contributed by atoms with Gasteiger partial charge in [0.2, 0.25) is 0 Å². The summed E-state index contributed by atoms with van der Waals surface area (Å²) in [5, 5.41) is 7.91.